The highest BCUT2D eigenvalue weighted by Gasteiger charge is 2.20. The van der Waals surface area contributed by atoms with Gasteiger partial charge in [-0.3, -0.25) is 4.79 Å². The normalized spacial score (nSPS) is 14.9. The molecule has 0 unspecified atom stereocenters. The second-order valence-electron chi connectivity index (χ2n) is 4.69. The Kier molecular flexibility index (Phi) is 3.57. The Balaban J connectivity index is 1.67. The molecule has 1 aromatic heterocycles. The van der Waals surface area contributed by atoms with Crippen molar-refractivity contribution in [1.29, 1.82) is 0 Å². The van der Waals surface area contributed by atoms with Crippen molar-refractivity contribution in [3.63, 3.8) is 0 Å². The van der Waals surface area contributed by atoms with Gasteiger partial charge in [0, 0.05) is 29.2 Å². The summed E-state index contributed by atoms with van der Waals surface area (Å²) in [6.45, 7) is 1.90. The van der Waals surface area contributed by atoms with Crippen molar-refractivity contribution in [2.24, 2.45) is 5.92 Å². The number of carbonyl (C=O) groups excluding carboxylic acids is 1. The second-order valence-corrected chi connectivity index (χ2v) is 5.59. The van der Waals surface area contributed by atoms with Crippen LogP contribution < -0.4 is 10.6 Å². The summed E-state index contributed by atoms with van der Waals surface area (Å²) >= 11 is 1.59. The number of thiazole rings is 1. The summed E-state index contributed by atoms with van der Waals surface area (Å²) in [5, 5.41) is 9.04. The zero-order chi connectivity index (χ0) is 13.1. The zero-order valence-corrected chi connectivity index (χ0v) is 11.2. The maximum Gasteiger partial charge on any atom is 0.224 e. The van der Waals surface area contributed by atoms with Gasteiger partial charge >= 0.3 is 0 Å². The van der Waals surface area contributed by atoms with Gasteiger partial charge in [-0.1, -0.05) is 12.1 Å². The summed E-state index contributed by atoms with van der Waals surface area (Å²) in [6.07, 6.45) is 2.38. The van der Waals surface area contributed by atoms with Crippen LogP contribution in [0.4, 0.5) is 5.69 Å². The number of aromatic nitrogens is 1. The zero-order valence-electron chi connectivity index (χ0n) is 10.4. The molecule has 1 fully saturated rings. The molecular formula is C14H15N3OS. The van der Waals surface area contributed by atoms with Crippen LogP contribution in [0.1, 0.15) is 6.42 Å². The number of nitrogens with zero attached hydrogens (tertiary/aromatic N) is 1. The summed E-state index contributed by atoms with van der Waals surface area (Å²) in [4.78, 5) is 16.1. The van der Waals surface area contributed by atoms with Gasteiger partial charge in [-0.2, -0.15) is 0 Å². The first-order valence-corrected chi connectivity index (χ1v) is 7.20. The van der Waals surface area contributed by atoms with Crippen molar-refractivity contribution in [3.8, 4) is 10.6 Å². The van der Waals surface area contributed by atoms with Gasteiger partial charge in [0.05, 0.1) is 0 Å². The van der Waals surface area contributed by atoms with E-state index in [1.165, 1.54) is 0 Å². The van der Waals surface area contributed by atoms with Crippen molar-refractivity contribution in [3.05, 3.63) is 35.8 Å². The molecule has 3 rings (SSSR count). The molecule has 1 aliphatic heterocycles. The molecule has 2 aromatic rings. The molecule has 5 heteroatoms. The third kappa shape index (κ3) is 3.00. The maximum atomic E-state index is 11.9. The Morgan fingerprint density at radius 3 is 3.05 bits per heavy atom. The molecule has 98 valence electrons. The van der Waals surface area contributed by atoms with Gasteiger partial charge in [0.2, 0.25) is 5.91 Å². The summed E-state index contributed by atoms with van der Waals surface area (Å²) in [7, 11) is 0. The fourth-order valence-electron chi connectivity index (χ4n) is 2.06. The van der Waals surface area contributed by atoms with Crippen LogP contribution in [0.25, 0.3) is 10.6 Å². The second kappa shape index (κ2) is 5.50. The van der Waals surface area contributed by atoms with Crippen LogP contribution in [0.5, 0.6) is 0 Å². The predicted molar refractivity (Wildman–Crippen MR) is 77.2 cm³/mol. The van der Waals surface area contributed by atoms with Crippen LogP contribution in [-0.2, 0) is 4.79 Å². The number of nitrogens with one attached hydrogen (secondary N) is 2. The maximum absolute atomic E-state index is 11.9. The Morgan fingerprint density at radius 2 is 2.37 bits per heavy atom. The molecule has 0 bridgehead atoms. The number of anilines is 1. The number of hydrogen-bond donors (Lipinski definition) is 2. The minimum Gasteiger partial charge on any atom is -0.326 e. The topological polar surface area (TPSA) is 54.0 Å². The van der Waals surface area contributed by atoms with E-state index in [0.717, 1.165) is 29.3 Å². The average Bonchev–Trinajstić information content (AvgIpc) is 2.88. The first-order valence-electron chi connectivity index (χ1n) is 6.32. The predicted octanol–water partition coefficient (Wildman–Crippen LogP) is 2.36. The van der Waals surface area contributed by atoms with Gasteiger partial charge in [-0.15, -0.1) is 11.3 Å². The molecule has 2 heterocycles. The van der Waals surface area contributed by atoms with Gasteiger partial charge in [0.1, 0.15) is 5.01 Å². The molecule has 1 saturated heterocycles. The van der Waals surface area contributed by atoms with E-state index in [0.29, 0.717) is 12.3 Å². The molecule has 0 spiro atoms. The smallest absolute Gasteiger partial charge is 0.224 e. The highest BCUT2D eigenvalue weighted by atomic mass is 32.1. The Hall–Kier alpha value is -1.72. The van der Waals surface area contributed by atoms with Crippen LogP contribution in [0.2, 0.25) is 0 Å². The van der Waals surface area contributed by atoms with Gasteiger partial charge in [0.15, 0.2) is 0 Å². The lowest BCUT2D eigenvalue weighted by molar-refractivity contribution is -0.117. The summed E-state index contributed by atoms with van der Waals surface area (Å²) in [5.74, 6) is 0.574. The standard InChI is InChI=1S/C14H15N3OS/c18-13(6-10-8-15-9-10)17-12-3-1-2-11(7-12)14-16-4-5-19-14/h1-5,7,10,15H,6,8-9H2,(H,17,18). The molecule has 4 nitrogen and oxygen atoms in total. The fourth-order valence-corrected chi connectivity index (χ4v) is 2.70. The van der Waals surface area contributed by atoms with Crippen LogP contribution in [0, 0.1) is 5.92 Å². The molecule has 1 aromatic carbocycles. The third-order valence-corrected chi connectivity index (χ3v) is 3.99. The van der Waals surface area contributed by atoms with Crippen molar-refractivity contribution in [1.82, 2.24) is 10.3 Å². The summed E-state index contributed by atoms with van der Waals surface area (Å²) in [5.41, 5.74) is 1.88. The number of hydrogen-bond acceptors (Lipinski definition) is 4. The first kappa shape index (κ1) is 12.3. The molecule has 1 aliphatic rings. The number of carbonyl (C=O) groups is 1. The van der Waals surface area contributed by atoms with E-state index in [-0.39, 0.29) is 5.91 Å². The third-order valence-electron chi connectivity index (χ3n) is 3.17. The number of benzene rings is 1. The molecule has 0 radical (unpaired) electrons. The minimum atomic E-state index is 0.0859. The number of rotatable bonds is 4. The van der Waals surface area contributed by atoms with Crippen LogP contribution in [0.15, 0.2) is 35.8 Å². The van der Waals surface area contributed by atoms with E-state index in [4.69, 9.17) is 0 Å². The fraction of sp³-hybridized carbons (Fsp3) is 0.286. The van der Waals surface area contributed by atoms with Gasteiger partial charge < -0.3 is 10.6 Å². The Morgan fingerprint density at radius 1 is 1.47 bits per heavy atom. The molecule has 0 saturated carbocycles. The monoisotopic (exact) mass is 273 g/mol. The van der Waals surface area contributed by atoms with E-state index in [1.807, 2.05) is 29.6 Å². The van der Waals surface area contributed by atoms with E-state index >= 15 is 0 Å². The summed E-state index contributed by atoms with van der Waals surface area (Å²) in [6, 6.07) is 7.82. The van der Waals surface area contributed by atoms with Crippen LogP contribution >= 0.6 is 11.3 Å². The van der Waals surface area contributed by atoms with Crippen molar-refractivity contribution < 1.29 is 4.79 Å². The molecule has 2 N–H and O–H groups in total. The van der Waals surface area contributed by atoms with Crippen LogP contribution in [-0.4, -0.2) is 24.0 Å². The van der Waals surface area contributed by atoms with Crippen LogP contribution in [0.3, 0.4) is 0 Å². The molecule has 0 aliphatic carbocycles. The minimum absolute atomic E-state index is 0.0859. The lowest BCUT2D eigenvalue weighted by atomic mass is 9.99. The molecule has 19 heavy (non-hydrogen) atoms. The van der Waals surface area contributed by atoms with Crippen molar-refractivity contribution >= 4 is 22.9 Å². The van der Waals surface area contributed by atoms with Gasteiger partial charge in [0.25, 0.3) is 0 Å². The van der Waals surface area contributed by atoms with E-state index in [2.05, 4.69) is 15.6 Å². The van der Waals surface area contributed by atoms with E-state index < -0.39 is 0 Å². The highest BCUT2D eigenvalue weighted by molar-refractivity contribution is 7.13. The summed E-state index contributed by atoms with van der Waals surface area (Å²) < 4.78 is 0. The Bertz CT molecular complexity index is 564. The quantitative estimate of drug-likeness (QED) is 0.899. The molecule has 1 amide bonds. The van der Waals surface area contributed by atoms with Crippen molar-refractivity contribution in [2.75, 3.05) is 18.4 Å². The number of amides is 1. The first-order chi connectivity index (χ1) is 9.31. The van der Waals surface area contributed by atoms with E-state index in [9.17, 15) is 4.79 Å². The highest BCUT2D eigenvalue weighted by Crippen LogP contribution is 2.24. The Labute approximate surface area is 115 Å². The lowest BCUT2D eigenvalue weighted by Gasteiger charge is -2.26. The SMILES string of the molecule is O=C(CC1CNC1)Nc1cccc(-c2nccs2)c1. The largest absolute Gasteiger partial charge is 0.326 e. The molecular weight excluding hydrogens is 258 g/mol. The lowest BCUT2D eigenvalue weighted by Crippen LogP contribution is -2.43. The average molecular weight is 273 g/mol. The van der Waals surface area contributed by atoms with E-state index in [1.54, 1.807) is 17.5 Å². The van der Waals surface area contributed by atoms with Crippen molar-refractivity contribution in [2.45, 2.75) is 6.42 Å². The van der Waals surface area contributed by atoms with Gasteiger partial charge in [-0.05, 0) is 31.1 Å². The molecule has 0 atom stereocenters. The van der Waals surface area contributed by atoms with Gasteiger partial charge in [-0.25, -0.2) is 4.98 Å².